The van der Waals surface area contributed by atoms with Crippen molar-refractivity contribution >= 4 is 21.5 Å². The fraction of sp³-hybridized carbons (Fsp3) is 0.0435. The van der Waals surface area contributed by atoms with E-state index in [4.69, 9.17) is 0 Å². The molecule has 23 heavy (non-hydrogen) atoms. The van der Waals surface area contributed by atoms with Crippen molar-refractivity contribution in [3.63, 3.8) is 0 Å². The lowest BCUT2D eigenvalue weighted by atomic mass is 10.0. The molecule has 0 atom stereocenters. The normalized spacial score (nSPS) is 10.5. The maximum Gasteiger partial charge on any atom is 0.0327 e. The van der Waals surface area contributed by atoms with Gasteiger partial charge in [-0.25, -0.2) is 0 Å². The van der Waals surface area contributed by atoms with Crippen molar-refractivity contribution in [2.45, 2.75) is 6.92 Å². The van der Waals surface area contributed by atoms with E-state index in [-0.39, 0.29) is 0 Å². The van der Waals surface area contributed by atoms with Gasteiger partial charge in [0.1, 0.15) is 0 Å². The summed E-state index contributed by atoms with van der Waals surface area (Å²) in [5, 5.41) is 4.94. The van der Waals surface area contributed by atoms with Crippen LogP contribution in [0, 0.1) is 18.8 Å². The van der Waals surface area contributed by atoms with Crippen molar-refractivity contribution in [3.05, 3.63) is 95.6 Å². The van der Waals surface area contributed by atoms with E-state index in [1.807, 2.05) is 0 Å². The molecule has 108 valence electrons. The lowest BCUT2D eigenvalue weighted by Gasteiger charge is -2.03. The summed E-state index contributed by atoms with van der Waals surface area (Å²) in [5.41, 5.74) is 3.39. The topological polar surface area (TPSA) is 0 Å². The van der Waals surface area contributed by atoms with E-state index in [0.717, 1.165) is 11.1 Å². The van der Waals surface area contributed by atoms with Crippen LogP contribution in [0.5, 0.6) is 0 Å². The highest BCUT2D eigenvalue weighted by molar-refractivity contribution is 5.89. The highest BCUT2D eigenvalue weighted by Crippen LogP contribution is 2.20. The van der Waals surface area contributed by atoms with E-state index >= 15 is 0 Å². The molecule has 4 aromatic carbocycles. The molecule has 0 aliphatic rings. The molecule has 0 radical (unpaired) electrons. The van der Waals surface area contributed by atoms with Gasteiger partial charge in [-0.2, -0.15) is 0 Å². The van der Waals surface area contributed by atoms with Crippen LogP contribution in [-0.2, 0) is 0 Å². The maximum absolute atomic E-state index is 3.36. The van der Waals surface area contributed by atoms with Gasteiger partial charge in [0.25, 0.3) is 0 Å². The predicted octanol–water partition coefficient (Wildman–Crippen LogP) is 5.70. The molecule has 0 heteroatoms. The van der Waals surface area contributed by atoms with E-state index in [2.05, 4.69) is 97.6 Å². The molecule has 0 spiro atoms. The molecular formula is C23H16. The predicted molar refractivity (Wildman–Crippen MR) is 98.6 cm³/mol. The molecule has 4 aromatic rings. The minimum Gasteiger partial charge on any atom is -0.0616 e. The second kappa shape index (κ2) is 5.63. The summed E-state index contributed by atoms with van der Waals surface area (Å²) in [4.78, 5) is 0. The van der Waals surface area contributed by atoms with Crippen LogP contribution in [0.25, 0.3) is 21.5 Å². The fourth-order valence-corrected chi connectivity index (χ4v) is 2.96. The second-order valence-corrected chi connectivity index (χ2v) is 5.79. The first-order chi connectivity index (χ1) is 11.3. The number of hydrogen-bond donors (Lipinski definition) is 0. The molecule has 0 amide bonds. The van der Waals surface area contributed by atoms with E-state index in [1.165, 1.54) is 27.1 Å². The molecule has 4 rings (SSSR count). The number of benzene rings is 4. The van der Waals surface area contributed by atoms with Gasteiger partial charge in [0, 0.05) is 11.1 Å². The monoisotopic (exact) mass is 292 g/mol. The summed E-state index contributed by atoms with van der Waals surface area (Å²) in [6.07, 6.45) is 0. The third kappa shape index (κ3) is 2.58. The Morgan fingerprint density at radius 2 is 1.17 bits per heavy atom. The summed E-state index contributed by atoms with van der Waals surface area (Å²) in [6.45, 7) is 2.12. The van der Waals surface area contributed by atoms with Crippen LogP contribution < -0.4 is 0 Å². The number of fused-ring (bicyclic) bond motifs is 2. The zero-order chi connectivity index (χ0) is 15.6. The van der Waals surface area contributed by atoms with Gasteiger partial charge in [-0.3, -0.25) is 0 Å². The second-order valence-electron chi connectivity index (χ2n) is 5.79. The van der Waals surface area contributed by atoms with E-state index in [0.29, 0.717) is 0 Å². The Bertz CT molecular complexity index is 1070. The third-order valence-corrected chi connectivity index (χ3v) is 4.21. The van der Waals surface area contributed by atoms with E-state index < -0.39 is 0 Å². The zero-order valence-corrected chi connectivity index (χ0v) is 13.0. The summed E-state index contributed by atoms with van der Waals surface area (Å²) >= 11 is 0. The summed E-state index contributed by atoms with van der Waals surface area (Å²) in [7, 11) is 0. The molecule has 0 N–H and O–H groups in total. The number of aryl methyl sites for hydroxylation is 1. The first-order valence-corrected chi connectivity index (χ1v) is 7.80. The Morgan fingerprint density at radius 3 is 2.00 bits per heavy atom. The van der Waals surface area contributed by atoms with Crippen LogP contribution in [0.15, 0.2) is 78.9 Å². The van der Waals surface area contributed by atoms with Crippen LogP contribution in [-0.4, -0.2) is 0 Å². The van der Waals surface area contributed by atoms with Crippen molar-refractivity contribution in [3.8, 4) is 11.8 Å². The Labute approximate surface area is 136 Å². The number of rotatable bonds is 0. The Morgan fingerprint density at radius 1 is 0.565 bits per heavy atom. The molecule has 0 aliphatic carbocycles. The summed E-state index contributed by atoms with van der Waals surface area (Å²) in [6, 6.07) is 27.5. The zero-order valence-electron chi connectivity index (χ0n) is 13.0. The SMILES string of the molecule is Cc1cc2ccccc2cc1C#Cc1cccc2ccccc12. The lowest BCUT2D eigenvalue weighted by molar-refractivity contribution is 1.47. The van der Waals surface area contributed by atoms with Crippen molar-refractivity contribution in [1.29, 1.82) is 0 Å². The Kier molecular flexibility index (Phi) is 3.33. The molecule has 0 bridgehead atoms. The maximum atomic E-state index is 3.36. The molecule has 0 fully saturated rings. The molecule has 0 aromatic heterocycles. The van der Waals surface area contributed by atoms with Crippen molar-refractivity contribution < 1.29 is 0 Å². The molecule has 0 heterocycles. The van der Waals surface area contributed by atoms with Crippen LogP contribution in [0.2, 0.25) is 0 Å². The molecule has 0 nitrogen and oxygen atoms in total. The van der Waals surface area contributed by atoms with Crippen molar-refractivity contribution in [2.24, 2.45) is 0 Å². The average Bonchev–Trinajstić information content (AvgIpc) is 2.60. The third-order valence-electron chi connectivity index (χ3n) is 4.21. The molecular weight excluding hydrogens is 276 g/mol. The Balaban J connectivity index is 1.85. The smallest absolute Gasteiger partial charge is 0.0327 e. The van der Waals surface area contributed by atoms with Gasteiger partial charge < -0.3 is 0 Å². The fourth-order valence-electron chi connectivity index (χ4n) is 2.96. The standard InChI is InChI=1S/C23H16/c1-17-15-21-8-2-3-9-22(21)16-20(17)14-13-19-11-6-10-18-7-4-5-12-23(18)19/h2-12,15-16H,1H3. The van der Waals surface area contributed by atoms with Gasteiger partial charge in [0.15, 0.2) is 0 Å². The van der Waals surface area contributed by atoms with Crippen molar-refractivity contribution in [2.75, 3.05) is 0 Å². The molecule has 0 unspecified atom stereocenters. The molecule has 0 aliphatic heterocycles. The van der Waals surface area contributed by atoms with Gasteiger partial charge in [0.2, 0.25) is 0 Å². The molecule has 0 saturated heterocycles. The average molecular weight is 292 g/mol. The lowest BCUT2D eigenvalue weighted by Crippen LogP contribution is -1.84. The van der Waals surface area contributed by atoms with Gasteiger partial charge in [0.05, 0.1) is 0 Å². The van der Waals surface area contributed by atoms with E-state index in [9.17, 15) is 0 Å². The quantitative estimate of drug-likeness (QED) is 0.365. The highest BCUT2D eigenvalue weighted by atomic mass is 14.0. The van der Waals surface area contributed by atoms with Crippen LogP contribution in [0.1, 0.15) is 16.7 Å². The number of hydrogen-bond acceptors (Lipinski definition) is 0. The Hall–Kier alpha value is -3.04. The van der Waals surface area contributed by atoms with Gasteiger partial charge in [-0.15, -0.1) is 0 Å². The van der Waals surface area contributed by atoms with Crippen molar-refractivity contribution in [1.82, 2.24) is 0 Å². The van der Waals surface area contributed by atoms with Crippen LogP contribution in [0.3, 0.4) is 0 Å². The summed E-state index contributed by atoms with van der Waals surface area (Å²) in [5.74, 6) is 6.72. The first-order valence-electron chi connectivity index (χ1n) is 7.80. The van der Waals surface area contributed by atoms with Crippen LogP contribution >= 0.6 is 0 Å². The first kappa shape index (κ1) is 13.6. The summed E-state index contributed by atoms with van der Waals surface area (Å²) < 4.78 is 0. The van der Waals surface area contributed by atoms with Crippen LogP contribution in [0.4, 0.5) is 0 Å². The molecule has 0 saturated carbocycles. The highest BCUT2D eigenvalue weighted by Gasteiger charge is 2.00. The van der Waals surface area contributed by atoms with E-state index in [1.54, 1.807) is 0 Å². The van der Waals surface area contributed by atoms with Gasteiger partial charge in [-0.1, -0.05) is 78.6 Å². The minimum atomic E-state index is 1.08. The van der Waals surface area contributed by atoms with Gasteiger partial charge in [-0.05, 0) is 46.2 Å². The van der Waals surface area contributed by atoms with Gasteiger partial charge >= 0.3 is 0 Å². The largest absolute Gasteiger partial charge is 0.0616 e. The minimum absolute atomic E-state index is 1.08.